The lowest BCUT2D eigenvalue weighted by Crippen LogP contribution is -2.37. The average molecular weight is 440 g/mol. The number of halogens is 1. The van der Waals surface area contributed by atoms with Gasteiger partial charge in [-0.05, 0) is 43.2 Å². The summed E-state index contributed by atoms with van der Waals surface area (Å²) in [5.74, 6) is -0.454. The maximum atomic E-state index is 12.8. The second-order valence-corrected chi connectivity index (χ2v) is 8.99. The van der Waals surface area contributed by atoms with Gasteiger partial charge in [-0.15, -0.1) is 0 Å². The van der Waals surface area contributed by atoms with Gasteiger partial charge in [-0.25, -0.2) is 8.42 Å². The zero-order chi connectivity index (χ0) is 20.9. The Balaban J connectivity index is 1.64. The SMILES string of the molecule is O=C(CNC(=O)c1cc(S(=O)(=O)N2CCCCC2)ccc1Cl)NCc1ccco1. The lowest BCUT2D eigenvalue weighted by atomic mass is 10.2. The highest BCUT2D eigenvalue weighted by atomic mass is 35.5. The van der Waals surface area contributed by atoms with Crippen LogP contribution < -0.4 is 10.6 Å². The van der Waals surface area contributed by atoms with Crippen LogP contribution in [-0.2, 0) is 21.4 Å². The van der Waals surface area contributed by atoms with E-state index in [-0.39, 0.29) is 28.6 Å². The van der Waals surface area contributed by atoms with Crippen LogP contribution in [0, 0.1) is 0 Å². The number of benzene rings is 1. The van der Waals surface area contributed by atoms with Crippen molar-refractivity contribution in [3.63, 3.8) is 0 Å². The van der Waals surface area contributed by atoms with Gasteiger partial charge in [0.1, 0.15) is 5.76 Å². The van der Waals surface area contributed by atoms with Gasteiger partial charge in [0.25, 0.3) is 5.91 Å². The molecule has 0 spiro atoms. The number of furan rings is 1. The van der Waals surface area contributed by atoms with Crippen molar-refractivity contribution < 1.29 is 22.4 Å². The highest BCUT2D eigenvalue weighted by molar-refractivity contribution is 7.89. The van der Waals surface area contributed by atoms with Crippen molar-refractivity contribution >= 4 is 33.4 Å². The maximum absolute atomic E-state index is 12.8. The summed E-state index contributed by atoms with van der Waals surface area (Å²) in [6.45, 7) is 0.843. The molecule has 3 rings (SSSR count). The minimum Gasteiger partial charge on any atom is -0.467 e. The number of rotatable bonds is 7. The number of piperidine rings is 1. The van der Waals surface area contributed by atoms with Crippen molar-refractivity contribution in [2.24, 2.45) is 0 Å². The van der Waals surface area contributed by atoms with E-state index in [0.717, 1.165) is 19.3 Å². The molecular formula is C19H22ClN3O5S. The van der Waals surface area contributed by atoms with Crippen LogP contribution in [0.3, 0.4) is 0 Å². The maximum Gasteiger partial charge on any atom is 0.253 e. The normalized spacial score (nSPS) is 15.1. The molecule has 0 atom stereocenters. The summed E-state index contributed by atoms with van der Waals surface area (Å²) in [5.41, 5.74) is 0.00332. The number of hydrogen-bond donors (Lipinski definition) is 2. The number of nitrogens with zero attached hydrogens (tertiary/aromatic N) is 1. The van der Waals surface area contributed by atoms with E-state index in [4.69, 9.17) is 16.0 Å². The Morgan fingerprint density at radius 2 is 1.86 bits per heavy atom. The first kappa shape index (κ1) is 21.4. The van der Waals surface area contributed by atoms with Crippen LogP contribution in [0.2, 0.25) is 5.02 Å². The van der Waals surface area contributed by atoms with Crippen LogP contribution in [0.5, 0.6) is 0 Å². The van der Waals surface area contributed by atoms with Crippen LogP contribution in [0.4, 0.5) is 0 Å². The van der Waals surface area contributed by atoms with Crippen LogP contribution in [0.15, 0.2) is 45.9 Å². The predicted molar refractivity (Wildman–Crippen MR) is 107 cm³/mol. The fourth-order valence-electron chi connectivity index (χ4n) is 3.01. The van der Waals surface area contributed by atoms with Gasteiger partial charge in [0.2, 0.25) is 15.9 Å². The molecular weight excluding hydrogens is 418 g/mol. The second kappa shape index (κ2) is 9.43. The van der Waals surface area contributed by atoms with Crippen LogP contribution in [-0.4, -0.2) is 44.2 Å². The average Bonchev–Trinajstić information content (AvgIpc) is 3.25. The topological polar surface area (TPSA) is 109 Å². The minimum atomic E-state index is -3.69. The van der Waals surface area contributed by atoms with Gasteiger partial charge in [0, 0.05) is 13.1 Å². The van der Waals surface area contributed by atoms with E-state index in [9.17, 15) is 18.0 Å². The number of amides is 2. The number of nitrogens with one attached hydrogen (secondary N) is 2. The van der Waals surface area contributed by atoms with Crippen LogP contribution in [0.25, 0.3) is 0 Å². The van der Waals surface area contributed by atoms with Crippen molar-refractivity contribution in [3.8, 4) is 0 Å². The van der Waals surface area contributed by atoms with Crippen molar-refractivity contribution in [3.05, 3.63) is 52.9 Å². The Labute approximate surface area is 174 Å². The van der Waals surface area contributed by atoms with Gasteiger partial charge in [-0.1, -0.05) is 18.0 Å². The molecule has 0 saturated carbocycles. The van der Waals surface area contributed by atoms with Crippen molar-refractivity contribution in [2.75, 3.05) is 19.6 Å². The molecule has 1 aliphatic rings. The Kier molecular flexibility index (Phi) is 6.94. The number of hydrogen-bond acceptors (Lipinski definition) is 5. The molecule has 0 aliphatic carbocycles. The highest BCUT2D eigenvalue weighted by Crippen LogP contribution is 2.25. The Morgan fingerprint density at radius 1 is 1.10 bits per heavy atom. The highest BCUT2D eigenvalue weighted by Gasteiger charge is 2.27. The smallest absolute Gasteiger partial charge is 0.253 e. The van der Waals surface area contributed by atoms with E-state index in [1.165, 1.54) is 28.8 Å². The van der Waals surface area contributed by atoms with E-state index < -0.39 is 21.8 Å². The fourth-order valence-corrected chi connectivity index (χ4v) is 4.76. The van der Waals surface area contributed by atoms with E-state index in [1.54, 1.807) is 12.1 Å². The zero-order valence-electron chi connectivity index (χ0n) is 15.7. The lowest BCUT2D eigenvalue weighted by Gasteiger charge is -2.26. The summed E-state index contributed by atoms with van der Waals surface area (Å²) in [4.78, 5) is 24.4. The molecule has 2 heterocycles. The first-order chi connectivity index (χ1) is 13.9. The predicted octanol–water partition coefficient (Wildman–Crippen LogP) is 2.15. The summed E-state index contributed by atoms with van der Waals surface area (Å²) in [5, 5.41) is 5.16. The van der Waals surface area contributed by atoms with Crippen molar-refractivity contribution in [1.82, 2.24) is 14.9 Å². The first-order valence-electron chi connectivity index (χ1n) is 9.25. The van der Waals surface area contributed by atoms with Crippen molar-refractivity contribution in [2.45, 2.75) is 30.7 Å². The molecule has 0 bridgehead atoms. The van der Waals surface area contributed by atoms with Crippen LogP contribution >= 0.6 is 11.6 Å². The van der Waals surface area contributed by atoms with Gasteiger partial charge >= 0.3 is 0 Å². The van der Waals surface area contributed by atoms with E-state index in [0.29, 0.717) is 18.8 Å². The number of sulfonamides is 1. The molecule has 1 fully saturated rings. The second-order valence-electron chi connectivity index (χ2n) is 6.65. The third-order valence-corrected chi connectivity index (χ3v) is 6.81. The van der Waals surface area contributed by atoms with E-state index in [2.05, 4.69) is 10.6 Å². The molecule has 10 heteroatoms. The Bertz CT molecular complexity index is 970. The molecule has 156 valence electrons. The molecule has 1 aromatic heterocycles. The Morgan fingerprint density at radius 3 is 2.55 bits per heavy atom. The van der Waals surface area contributed by atoms with Crippen LogP contribution in [0.1, 0.15) is 35.4 Å². The van der Waals surface area contributed by atoms with Gasteiger partial charge in [-0.2, -0.15) is 4.31 Å². The first-order valence-corrected chi connectivity index (χ1v) is 11.1. The quantitative estimate of drug-likeness (QED) is 0.687. The van der Waals surface area contributed by atoms with E-state index in [1.807, 2.05) is 0 Å². The molecule has 8 nitrogen and oxygen atoms in total. The monoisotopic (exact) mass is 439 g/mol. The summed E-state index contributed by atoms with van der Waals surface area (Å²) >= 11 is 6.09. The molecule has 1 saturated heterocycles. The number of carbonyl (C=O) groups is 2. The zero-order valence-corrected chi connectivity index (χ0v) is 17.3. The molecule has 2 aromatic rings. The Hall–Kier alpha value is -2.36. The number of carbonyl (C=O) groups excluding carboxylic acids is 2. The fraction of sp³-hybridized carbons (Fsp3) is 0.368. The van der Waals surface area contributed by atoms with E-state index >= 15 is 0 Å². The van der Waals surface area contributed by atoms with Gasteiger partial charge in [0.05, 0.1) is 34.8 Å². The summed E-state index contributed by atoms with van der Waals surface area (Å²) in [6.07, 6.45) is 4.12. The summed E-state index contributed by atoms with van der Waals surface area (Å²) in [7, 11) is -3.69. The third-order valence-electron chi connectivity index (χ3n) is 4.58. The molecule has 2 N–H and O–H groups in total. The molecule has 1 aromatic carbocycles. The molecule has 2 amide bonds. The van der Waals surface area contributed by atoms with Gasteiger partial charge in [-0.3, -0.25) is 9.59 Å². The minimum absolute atomic E-state index is 0.00332. The third kappa shape index (κ3) is 5.37. The molecule has 0 radical (unpaired) electrons. The van der Waals surface area contributed by atoms with Gasteiger partial charge < -0.3 is 15.1 Å². The largest absolute Gasteiger partial charge is 0.467 e. The lowest BCUT2D eigenvalue weighted by molar-refractivity contribution is -0.120. The molecule has 1 aliphatic heterocycles. The standard InChI is InChI=1S/C19H22ClN3O5S/c20-17-7-6-15(29(26,27)23-8-2-1-3-9-23)11-16(17)19(25)22-13-18(24)21-12-14-5-4-10-28-14/h4-7,10-11H,1-3,8-9,12-13H2,(H,21,24)(H,22,25). The molecule has 0 unspecified atom stereocenters. The summed E-state index contributed by atoms with van der Waals surface area (Å²) < 4.78 is 32.2. The van der Waals surface area contributed by atoms with Crippen molar-refractivity contribution in [1.29, 1.82) is 0 Å². The van der Waals surface area contributed by atoms with Gasteiger partial charge in [0.15, 0.2) is 0 Å². The summed E-state index contributed by atoms with van der Waals surface area (Å²) in [6, 6.07) is 7.44. The molecule has 29 heavy (non-hydrogen) atoms.